The first-order chi connectivity index (χ1) is 12.6. The molecule has 1 N–H and O–H groups in total. The average Bonchev–Trinajstić information content (AvgIpc) is 2.83. The molecule has 26 heavy (non-hydrogen) atoms. The number of allylic oxidation sites excluding steroid dienone is 3. The highest BCUT2D eigenvalue weighted by Crippen LogP contribution is 2.24. The minimum atomic E-state index is -0.337. The van der Waals surface area contributed by atoms with E-state index in [1.165, 1.54) is 5.57 Å². The summed E-state index contributed by atoms with van der Waals surface area (Å²) >= 11 is 1.05. The highest BCUT2D eigenvalue weighted by atomic mass is 32.2. The zero-order chi connectivity index (χ0) is 18.4. The van der Waals surface area contributed by atoms with Crippen LogP contribution in [0.3, 0.4) is 0 Å². The summed E-state index contributed by atoms with van der Waals surface area (Å²) < 4.78 is 5.80. The van der Waals surface area contributed by atoms with Crippen LogP contribution in [0, 0.1) is 0 Å². The molecule has 3 rings (SSSR count). The topological polar surface area (TPSA) is 67.8 Å². The van der Waals surface area contributed by atoms with E-state index in [2.05, 4.69) is 29.4 Å². The molecule has 1 fully saturated rings. The largest absolute Gasteiger partial charge is 0.493 e. The Balaban J connectivity index is 1.45. The Hall–Kier alpha value is -2.34. The van der Waals surface area contributed by atoms with E-state index in [4.69, 9.17) is 4.74 Å². The summed E-state index contributed by atoms with van der Waals surface area (Å²) in [6.07, 6.45) is 9.51. The lowest BCUT2D eigenvalue weighted by Crippen LogP contribution is -2.25. The van der Waals surface area contributed by atoms with E-state index in [-0.39, 0.29) is 16.4 Å². The molecule has 6 heteroatoms. The van der Waals surface area contributed by atoms with Crippen LogP contribution < -0.4 is 10.1 Å². The number of benzene rings is 1. The van der Waals surface area contributed by atoms with Crippen LogP contribution in [0.15, 0.2) is 52.7 Å². The van der Waals surface area contributed by atoms with Gasteiger partial charge in [-0.25, -0.2) is 0 Å². The molecule has 1 aromatic rings. The zero-order valence-electron chi connectivity index (χ0n) is 14.7. The Morgan fingerprint density at radius 3 is 2.73 bits per heavy atom. The van der Waals surface area contributed by atoms with E-state index in [0.29, 0.717) is 13.0 Å². The summed E-state index contributed by atoms with van der Waals surface area (Å²) in [5.41, 5.74) is 3.33. The van der Waals surface area contributed by atoms with E-state index in [0.717, 1.165) is 48.0 Å². The van der Waals surface area contributed by atoms with Crippen molar-refractivity contribution in [2.45, 2.75) is 37.9 Å². The monoisotopic (exact) mass is 370 g/mol. The normalized spacial score (nSPS) is 19.7. The highest BCUT2D eigenvalue weighted by Gasteiger charge is 2.31. The van der Waals surface area contributed by atoms with E-state index >= 15 is 0 Å². The number of amides is 2. The van der Waals surface area contributed by atoms with Crippen molar-refractivity contribution in [3.05, 3.63) is 53.3 Å². The molecule has 1 saturated heterocycles. The first-order valence-corrected chi connectivity index (χ1v) is 9.67. The van der Waals surface area contributed by atoms with Crippen molar-refractivity contribution in [3.8, 4) is 5.75 Å². The molecule has 136 valence electrons. The van der Waals surface area contributed by atoms with E-state index in [1.54, 1.807) is 0 Å². The zero-order valence-corrected chi connectivity index (χ0v) is 15.6. The molecule has 2 heterocycles. The minimum absolute atomic E-state index is 0.210. The van der Waals surface area contributed by atoms with Gasteiger partial charge in [-0.15, -0.1) is 0 Å². The number of nitrogens with one attached hydrogen (secondary N) is 1. The lowest BCUT2D eigenvalue weighted by atomic mass is 10.1. The second-order valence-electron chi connectivity index (χ2n) is 6.15. The maximum Gasteiger partial charge on any atom is 0.286 e. The van der Waals surface area contributed by atoms with Crippen molar-refractivity contribution in [2.75, 3.05) is 6.61 Å². The van der Waals surface area contributed by atoms with Crippen molar-refractivity contribution in [2.24, 2.45) is 4.99 Å². The fourth-order valence-corrected chi connectivity index (χ4v) is 3.62. The third kappa shape index (κ3) is 5.08. The molecular weight excluding hydrogens is 348 g/mol. The molecule has 2 amide bonds. The van der Waals surface area contributed by atoms with Crippen LogP contribution >= 0.6 is 11.8 Å². The van der Waals surface area contributed by atoms with Gasteiger partial charge in [0.15, 0.2) is 0 Å². The van der Waals surface area contributed by atoms with E-state index in [9.17, 15) is 9.59 Å². The second kappa shape index (κ2) is 8.85. The van der Waals surface area contributed by atoms with Crippen molar-refractivity contribution in [3.63, 3.8) is 0 Å². The molecule has 0 saturated carbocycles. The van der Waals surface area contributed by atoms with Gasteiger partial charge in [-0.3, -0.25) is 19.9 Å². The van der Waals surface area contributed by atoms with Gasteiger partial charge in [0, 0.05) is 18.3 Å². The van der Waals surface area contributed by atoms with Crippen molar-refractivity contribution >= 4 is 29.1 Å². The lowest BCUT2D eigenvalue weighted by molar-refractivity contribution is -0.118. The number of hydrogen-bond acceptors (Lipinski definition) is 5. The number of thioether (sulfide) groups is 1. The van der Waals surface area contributed by atoms with Gasteiger partial charge in [-0.1, -0.05) is 43.0 Å². The van der Waals surface area contributed by atoms with Crippen LogP contribution in [0.1, 0.15) is 31.7 Å². The molecule has 2 aliphatic heterocycles. The first-order valence-electron chi connectivity index (χ1n) is 8.79. The Morgan fingerprint density at radius 1 is 1.23 bits per heavy atom. The van der Waals surface area contributed by atoms with Gasteiger partial charge in [-0.05, 0) is 42.5 Å². The third-order valence-electron chi connectivity index (χ3n) is 4.28. The Labute approximate surface area is 157 Å². The second-order valence-corrected chi connectivity index (χ2v) is 7.33. The van der Waals surface area contributed by atoms with Gasteiger partial charge in [0.25, 0.3) is 5.24 Å². The number of rotatable bonds is 7. The fraction of sp³-hybridized carbons (Fsp3) is 0.350. The van der Waals surface area contributed by atoms with Crippen LogP contribution in [0.25, 0.3) is 0 Å². The Bertz CT molecular complexity index is 766. The summed E-state index contributed by atoms with van der Waals surface area (Å²) in [7, 11) is 0. The molecule has 0 radical (unpaired) electrons. The molecule has 1 aromatic carbocycles. The minimum Gasteiger partial charge on any atom is -0.493 e. The van der Waals surface area contributed by atoms with Gasteiger partial charge in [0.2, 0.25) is 5.91 Å². The number of nitrogens with zero attached hydrogens (tertiary/aromatic N) is 1. The van der Waals surface area contributed by atoms with E-state index in [1.807, 2.05) is 30.5 Å². The Morgan fingerprint density at radius 2 is 2.04 bits per heavy atom. The fourth-order valence-electron chi connectivity index (χ4n) is 2.76. The summed E-state index contributed by atoms with van der Waals surface area (Å²) in [5.74, 6) is 0.581. The molecule has 0 aliphatic carbocycles. The van der Waals surface area contributed by atoms with Gasteiger partial charge in [-0.2, -0.15) is 0 Å². The standard InChI is InChI=1S/C20H22N2O3S/c1-2-14-4-3-5-16(21-13-14)10-11-25-17-8-6-15(7-9-17)12-18-19(23)22-20(24)26-18/h4-9,13,18H,2-3,10-12H2,1H3,(H,22,23,24). The van der Waals surface area contributed by atoms with Gasteiger partial charge >= 0.3 is 0 Å². The van der Waals surface area contributed by atoms with Gasteiger partial charge in [0.05, 0.1) is 11.9 Å². The number of carbonyl (C=O) groups is 2. The predicted molar refractivity (Wildman–Crippen MR) is 105 cm³/mol. The number of carbonyl (C=O) groups excluding carboxylic acids is 2. The number of imide groups is 1. The molecule has 0 spiro atoms. The SMILES string of the molecule is CCC1=CCC=C(CCOc2ccc(CC3SC(=O)NC3=O)cc2)N=C1. The molecule has 5 nitrogen and oxygen atoms in total. The molecule has 2 aliphatic rings. The van der Waals surface area contributed by atoms with Crippen molar-refractivity contribution in [1.29, 1.82) is 0 Å². The van der Waals surface area contributed by atoms with Gasteiger partial charge < -0.3 is 4.74 Å². The van der Waals surface area contributed by atoms with Crippen LogP contribution in [-0.2, 0) is 11.2 Å². The Kier molecular flexibility index (Phi) is 6.28. The predicted octanol–water partition coefficient (Wildman–Crippen LogP) is 4.04. The molecule has 0 bridgehead atoms. The number of aliphatic imine (C=N–C) groups is 1. The lowest BCUT2D eigenvalue weighted by Gasteiger charge is -2.09. The van der Waals surface area contributed by atoms with Crippen LogP contribution in [0.2, 0.25) is 0 Å². The van der Waals surface area contributed by atoms with Crippen LogP contribution in [0.4, 0.5) is 4.79 Å². The smallest absolute Gasteiger partial charge is 0.286 e. The molecule has 0 aromatic heterocycles. The summed E-state index contributed by atoms with van der Waals surface area (Å²) in [4.78, 5) is 27.3. The van der Waals surface area contributed by atoms with Crippen LogP contribution in [-0.4, -0.2) is 29.2 Å². The molecule has 1 unspecified atom stereocenters. The summed E-state index contributed by atoms with van der Waals surface area (Å²) in [5, 5.41) is 1.70. The van der Waals surface area contributed by atoms with E-state index < -0.39 is 0 Å². The number of ether oxygens (including phenoxy) is 1. The summed E-state index contributed by atoms with van der Waals surface area (Å²) in [6, 6.07) is 7.67. The highest BCUT2D eigenvalue weighted by molar-refractivity contribution is 8.15. The first kappa shape index (κ1) is 18.5. The number of hydrogen-bond donors (Lipinski definition) is 1. The van der Waals surface area contributed by atoms with Gasteiger partial charge in [0.1, 0.15) is 5.75 Å². The van der Waals surface area contributed by atoms with Crippen molar-refractivity contribution < 1.29 is 14.3 Å². The van der Waals surface area contributed by atoms with Crippen LogP contribution in [0.5, 0.6) is 5.75 Å². The molecular formula is C20H22N2O3S. The quantitative estimate of drug-likeness (QED) is 0.786. The molecule has 1 atom stereocenters. The maximum absolute atomic E-state index is 11.6. The van der Waals surface area contributed by atoms with Crippen molar-refractivity contribution in [1.82, 2.24) is 5.32 Å². The summed E-state index contributed by atoms with van der Waals surface area (Å²) in [6.45, 7) is 2.70. The third-order valence-corrected chi connectivity index (χ3v) is 5.26. The maximum atomic E-state index is 11.6. The average molecular weight is 370 g/mol.